The van der Waals surface area contributed by atoms with Gasteiger partial charge in [0.05, 0.1) is 15.6 Å². The van der Waals surface area contributed by atoms with Crippen molar-refractivity contribution in [2.45, 2.75) is 4.90 Å². The summed E-state index contributed by atoms with van der Waals surface area (Å²) in [4.78, 5) is 12.0. The normalized spacial score (nSPS) is 11.1. The first-order valence-corrected chi connectivity index (χ1v) is 8.73. The molecule has 0 unspecified atom stereocenters. The molecule has 7 heteroatoms. The van der Waals surface area contributed by atoms with E-state index < -0.39 is 21.5 Å². The fraction of sp³-hybridized carbons (Fsp3) is 0.0714. The van der Waals surface area contributed by atoms with E-state index in [2.05, 4.69) is 21.2 Å². The Kier molecular flexibility index (Phi) is 5.03. The molecule has 0 saturated carbocycles. The Morgan fingerprint density at radius 3 is 2.52 bits per heavy atom. The summed E-state index contributed by atoms with van der Waals surface area (Å²) >= 11 is 9.11. The number of benzene rings is 2. The van der Waals surface area contributed by atoms with Gasteiger partial charge in [0.15, 0.2) is 9.84 Å². The zero-order valence-corrected chi connectivity index (χ0v) is 13.9. The highest BCUT2D eigenvalue weighted by Crippen LogP contribution is 2.21. The van der Waals surface area contributed by atoms with Crippen molar-refractivity contribution >= 4 is 49.0 Å². The predicted molar refractivity (Wildman–Crippen MR) is 86.3 cm³/mol. The molecule has 4 nitrogen and oxygen atoms in total. The smallest absolute Gasteiger partial charge is 0.240 e. The molecule has 0 radical (unpaired) electrons. The van der Waals surface area contributed by atoms with Crippen LogP contribution in [0.2, 0.25) is 5.02 Å². The van der Waals surface area contributed by atoms with E-state index in [1.54, 1.807) is 36.4 Å². The maximum absolute atomic E-state index is 12.2. The maximum atomic E-state index is 12.2. The Labute approximate surface area is 136 Å². The van der Waals surface area contributed by atoms with E-state index >= 15 is 0 Å². The maximum Gasteiger partial charge on any atom is 0.240 e. The quantitative estimate of drug-likeness (QED) is 0.871. The standard InChI is InChI=1S/C14H11BrClNO3S/c15-10-4-3-5-11(8-10)21(19,20)9-14(18)17-13-7-2-1-6-12(13)16/h1-8H,9H2,(H,17,18). The van der Waals surface area contributed by atoms with E-state index in [0.29, 0.717) is 15.2 Å². The highest BCUT2D eigenvalue weighted by molar-refractivity contribution is 9.10. The van der Waals surface area contributed by atoms with Gasteiger partial charge in [-0.15, -0.1) is 0 Å². The molecule has 21 heavy (non-hydrogen) atoms. The van der Waals surface area contributed by atoms with Crippen LogP contribution in [0, 0.1) is 0 Å². The minimum Gasteiger partial charge on any atom is -0.324 e. The number of carbonyl (C=O) groups excluding carboxylic acids is 1. The number of amides is 1. The first-order valence-electron chi connectivity index (χ1n) is 5.91. The molecule has 0 aromatic heterocycles. The Morgan fingerprint density at radius 2 is 1.86 bits per heavy atom. The number of carbonyl (C=O) groups is 1. The van der Waals surface area contributed by atoms with Crippen molar-refractivity contribution in [3.8, 4) is 0 Å². The summed E-state index contributed by atoms with van der Waals surface area (Å²) < 4.78 is 24.9. The van der Waals surface area contributed by atoms with Gasteiger partial charge in [0.2, 0.25) is 5.91 Å². The van der Waals surface area contributed by atoms with Crippen molar-refractivity contribution in [2.24, 2.45) is 0 Å². The molecule has 110 valence electrons. The van der Waals surface area contributed by atoms with Crippen molar-refractivity contribution in [1.29, 1.82) is 0 Å². The highest BCUT2D eigenvalue weighted by Gasteiger charge is 2.20. The molecule has 1 N–H and O–H groups in total. The molecule has 2 aromatic rings. The minimum atomic E-state index is -3.70. The molecule has 0 atom stereocenters. The third kappa shape index (κ3) is 4.30. The van der Waals surface area contributed by atoms with E-state index in [1.165, 1.54) is 12.1 Å². The molecular formula is C14H11BrClNO3S. The van der Waals surface area contributed by atoms with Gasteiger partial charge in [0.25, 0.3) is 0 Å². The van der Waals surface area contributed by atoms with Crippen LogP contribution in [0.4, 0.5) is 5.69 Å². The van der Waals surface area contributed by atoms with E-state index in [-0.39, 0.29) is 4.90 Å². The van der Waals surface area contributed by atoms with E-state index in [1.807, 2.05) is 0 Å². The van der Waals surface area contributed by atoms with Crippen molar-refractivity contribution in [3.63, 3.8) is 0 Å². The van der Waals surface area contributed by atoms with Crippen LogP contribution in [0.3, 0.4) is 0 Å². The molecule has 0 aliphatic carbocycles. The lowest BCUT2D eigenvalue weighted by Gasteiger charge is -2.08. The zero-order valence-electron chi connectivity index (χ0n) is 10.7. The third-order valence-corrected chi connectivity index (χ3v) is 5.06. The summed E-state index contributed by atoms with van der Waals surface area (Å²) in [5, 5.41) is 2.84. The fourth-order valence-electron chi connectivity index (χ4n) is 1.67. The summed E-state index contributed by atoms with van der Waals surface area (Å²) in [6.45, 7) is 0. The first kappa shape index (κ1) is 16.0. The Morgan fingerprint density at radius 1 is 1.14 bits per heavy atom. The number of nitrogens with one attached hydrogen (secondary N) is 1. The van der Waals surface area contributed by atoms with Crippen LogP contribution in [-0.4, -0.2) is 20.1 Å². The lowest BCUT2D eigenvalue weighted by atomic mass is 10.3. The number of sulfone groups is 1. The molecule has 0 spiro atoms. The summed E-state index contributed by atoms with van der Waals surface area (Å²) in [5.74, 6) is -1.28. The number of hydrogen-bond acceptors (Lipinski definition) is 3. The lowest BCUT2D eigenvalue weighted by molar-refractivity contribution is -0.113. The van der Waals surface area contributed by atoms with Crippen molar-refractivity contribution in [3.05, 3.63) is 58.0 Å². The lowest BCUT2D eigenvalue weighted by Crippen LogP contribution is -2.23. The van der Waals surface area contributed by atoms with Crippen LogP contribution in [0.1, 0.15) is 0 Å². The second-order valence-corrected chi connectivity index (χ2v) is 7.56. The SMILES string of the molecule is O=C(CS(=O)(=O)c1cccc(Br)c1)Nc1ccccc1Cl. The Hall–Kier alpha value is -1.37. The van der Waals surface area contributed by atoms with Crippen molar-refractivity contribution in [2.75, 3.05) is 11.1 Å². The van der Waals surface area contributed by atoms with Gasteiger partial charge in [-0.2, -0.15) is 0 Å². The van der Waals surface area contributed by atoms with Crippen LogP contribution in [-0.2, 0) is 14.6 Å². The number of hydrogen-bond donors (Lipinski definition) is 1. The second-order valence-electron chi connectivity index (χ2n) is 4.24. The molecule has 0 heterocycles. The molecule has 0 aliphatic rings. The second kappa shape index (κ2) is 6.60. The molecule has 2 rings (SSSR count). The molecule has 0 fully saturated rings. The van der Waals surface area contributed by atoms with Gasteiger partial charge in [-0.05, 0) is 30.3 Å². The number of rotatable bonds is 4. The Balaban J connectivity index is 2.14. The van der Waals surface area contributed by atoms with Crippen molar-refractivity contribution < 1.29 is 13.2 Å². The van der Waals surface area contributed by atoms with Crippen LogP contribution >= 0.6 is 27.5 Å². The van der Waals surface area contributed by atoms with Gasteiger partial charge < -0.3 is 5.32 Å². The van der Waals surface area contributed by atoms with Gasteiger partial charge in [-0.3, -0.25) is 4.79 Å². The summed E-state index contributed by atoms with van der Waals surface area (Å²) in [6.07, 6.45) is 0. The summed E-state index contributed by atoms with van der Waals surface area (Å²) in [6, 6.07) is 12.8. The fourth-order valence-corrected chi connectivity index (χ4v) is 3.58. The van der Waals surface area contributed by atoms with Crippen LogP contribution < -0.4 is 5.32 Å². The molecule has 0 bridgehead atoms. The molecule has 0 aliphatic heterocycles. The largest absolute Gasteiger partial charge is 0.324 e. The number of para-hydroxylation sites is 1. The predicted octanol–water partition coefficient (Wildman–Crippen LogP) is 3.51. The minimum absolute atomic E-state index is 0.0891. The average Bonchev–Trinajstić information content (AvgIpc) is 2.41. The van der Waals surface area contributed by atoms with Gasteiger partial charge >= 0.3 is 0 Å². The topological polar surface area (TPSA) is 63.2 Å². The third-order valence-electron chi connectivity index (χ3n) is 2.62. The summed E-state index contributed by atoms with van der Waals surface area (Å²) in [5.41, 5.74) is 0.383. The number of anilines is 1. The van der Waals surface area contributed by atoms with E-state index in [9.17, 15) is 13.2 Å². The van der Waals surface area contributed by atoms with Gasteiger partial charge in [0.1, 0.15) is 5.75 Å². The molecular weight excluding hydrogens is 378 g/mol. The van der Waals surface area contributed by atoms with Gasteiger partial charge in [-0.25, -0.2) is 8.42 Å². The number of halogens is 2. The van der Waals surface area contributed by atoms with Crippen LogP contribution in [0.5, 0.6) is 0 Å². The monoisotopic (exact) mass is 387 g/mol. The molecule has 0 saturated heterocycles. The van der Waals surface area contributed by atoms with Crippen LogP contribution in [0.15, 0.2) is 57.9 Å². The molecule has 2 aromatic carbocycles. The van der Waals surface area contributed by atoms with Crippen LogP contribution in [0.25, 0.3) is 0 Å². The van der Waals surface area contributed by atoms with E-state index in [4.69, 9.17) is 11.6 Å². The zero-order chi connectivity index (χ0) is 15.5. The highest BCUT2D eigenvalue weighted by atomic mass is 79.9. The van der Waals surface area contributed by atoms with Crippen molar-refractivity contribution in [1.82, 2.24) is 0 Å². The Bertz CT molecular complexity index is 777. The van der Waals surface area contributed by atoms with Gasteiger partial charge in [0, 0.05) is 4.47 Å². The van der Waals surface area contributed by atoms with E-state index in [0.717, 1.165) is 0 Å². The average molecular weight is 389 g/mol. The molecule has 1 amide bonds. The summed E-state index contributed by atoms with van der Waals surface area (Å²) in [7, 11) is -3.70. The van der Waals surface area contributed by atoms with Gasteiger partial charge in [-0.1, -0.05) is 45.7 Å². The first-order chi connectivity index (χ1) is 9.88.